The Kier molecular flexibility index (Phi) is 4.29. The third-order valence-electron chi connectivity index (χ3n) is 2.56. The van der Waals surface area contributed by atoms with E-state index in [9.17, 15) is 4.21 Å². The van der Waals surface area contributed by atoms with Crippen molar-refractivity contribution in [1.82, 2.24) is 15.0 Å². The smallest absolute Gasteiger partial charge is 0.323 e. The highest BCUT2D eigenvalue weighted by Crippen LogP contribution is 2.16. The van der Waals surface area contributed by atoms with Crippen molar-refractivity contribution in [3.05, 3.63) is 0 Å². The van der Waals surface area contributed by atoms with Gasteiger partial charge in [-0.1, -0.05) is 0 Å². The molecule has 0 atom stereocenters. The zero-order valence-electron chi connectivity index (χ0n) is 10.5. The van der Waals surface area contributed by atoms with Crippen LogP contribution in [0.3, 0.4) is 0 Å². The van der Waals surface area contributed by atoms with Gasteiger partial charge >= 0.3 is 6.01 Å². The van der Waals surface area contributed by atoms with Crippen molar-refractivity contribution in [2.24, 2.45) is 0 Å². The van der Waals surface area contributed by atoms with Gasteiger partial charge in [0.2, 0.25) is 11.9 Å². The van der Waals surface area contributed by atoms with Gasteiger partial charge in [-0.3, -0.25) is 4.21 Å². The van der Waals surface area contributed by atoms with Gasteiger partial charge in [-0.05, 0) is 6.92 Å². The first-order chi connectivity index (χ1) is 8.72. The van der Waals surface area contributed by atoms with Crippen LogP contribution in [0.1, 0.15) is 6.92 Å². The van der Waals surface area contributed by atoms with Crippen molar-refractivity contribution >= 4 is 22.7 Å². The van der Waals surface area contributed by atoms with Crippen molar-refractivity contribution < 1.29 is 8.95 Å². The van der Waals surface area contributed by atoms with Gasteiger partial charge in [-0.25, -0.2) is 0 Å². The lowest BCUT2D eigenvalue weighted by Gasteiger charge is -2.26. The minimum Gasteiger partial charge on any atom is -0.464 e. The first-order valence-electron chi connectivity index (χ1n) is 5.89. The molecular weight excluding hydrogens is 254 g/mol. The number of nitrogens with one attached hydrogen (secondary N) is 1. The van der Waals surface area contributed by atoms with Gasteiger partial charge < -0.3 is 15.0 Å². The molecule has 0 aliphatic carbocycles. The summed E-state index contributed by atoms with van der Waals surface area (Å²) in [4.78, 5) is 14.7. The van der Waals surface area contributed by atoms with Crippen LogP contribution in [0.25, 0.3) is 0 Å². The van der Waals surface area contributed by atoms with Gasteiger partial charge in [0.1, 0.15) is 0 Å². The third kappa shape index (κ3) is 3.06. The van der Waals surface area contributed by atoms with Gasteiger partial charge in [0.15, 0.2) is 0 Å². The van der Waals surface area contributed by atoms with Gasteiger partial charge in [0.05, 0.1) is 6.61 Å². The van der Waals surface area contributed by atoms with Crippen LogP contribution in [0.4, 0.5) is 11.9 Å². The summed E-state index contributed by atoms with van der Waals surface area (Å²) in [5.41, 5.74) is 0. The van der Waals surface area contributed by atoms with Crippen LogP contribution in [0.5, 0.6) is 6.01 Å². The van der Waals surface area contributed by atoms with E-state index in [1.165, 1.54) is 0 Å². The number of hydrogen-bond acceptors (Lipinski definition) is 7. The van der Waals surface area contributed by atoms with Crippen LogP contribution in [0, 0.1) is 0 Å². The van der Waals surface area contributed by atoms with E-state index in [4.69, 9.17) is 4.74 Å². The molecule has 1 N–H and O–H groups in total. The summed E-state index contributed by atoms with van der Waals surface area (Å²) in [6, 6.07) is 0.318. The van der Waals surface area contributed by atoms with Crippen molar-refractivity contribution in [3.8, 4) is 6.01 Å². The van der Waals surface area contributed by atoms with E-state index >= 15 is 0 Å². The highest BCUT2D eigenvalue weighted by molar-refractivity contribution is 7.85. The number of ether oxygens (including phenoxy) is 1. The summed E-state index contributed by atoms with van der Waals surface area (Å²) >= 11 is 0. The molecule has 7 nitrogen and oxygen atoms in total. The third-order valence-corrected chi connectivity index (χ3v) is 3.84. The molecule has 0 spiro atoms. The number of rotatable bonds is 4. The molecule has 0 aromatic carbocycles. The Morgan fingerprint density at radius 3 is 2.67 bits per heavy atom. The van der Waals surface area contributed by atoms with E-state index in [-0.39, 0.29) is 0 Å². The molecule has 1 aromatic rings. The van der Waals surface area contributed by atoms with Gasteiger partial charge in [-0.2, -0.15) is 15.0 Å². The maximum absolute atomic E-state index is 11.3. The van der Waals surface area contributed by atoms with Crippen LogP contribution < -0.4 is 15.0 Å². The van der Waals surface area contributed by atoms with Crippen LogP contribution in [-0.4, -0.2) is 57.4 Å². The number of nitrogens with zero attached hydrogens (tertiary/aromatic N) is 4. The summed E-state index contributed by atoms with van der Waals surface area (Å²) < 4.78 is 16.6. The Bertz CT molecular complexity index is 432. The Labute approximate surface area is 108 Å². The SMILES string of the molecule is CCOc1nc(NC)nc(N2CCS(=O)CC2)n1. The standard InChI is InChI=1S/C10H17N5O2S/c1-3-17-10-13-8(11-2)12-9(14-10)15-4-6-18(16)7-5-15/h3-7H2,1-2H3,(H,11,12,13,14). The van der Waals surface area contributed by atoms with Gasteiger partial charge in [0, 0.05) is 42.4 Å². The molecule has 1 fully saturated rings. The highest BCUT2D eigenvalue weighted by Gasteiger charge is 2.19. The molecule has 8 heteroatoms. The van der Waals surface area contributed by atoms with Crippen molar-refractivity contribution in [2.75, 3.05) is 48.5 Å². The number of hydrogen-bond donors (Lipinski definition) is 1. The van der Waals surface area contributed by atoms with E-state index in [1.54, 1.807) is 7.05 Å². The average Bonchev–Trinajstić information content (AvgIpc) is 2.39. The van der Waals surface area contributed by atoms with E-state index in [0.29, 0.717) is 49.1 Å². The number of aromatic nitrogens is 3. The van der Waals surface area contributed by atoms with Crippen molar-refractivity contribution in [3.63, 3.8) is 0 Å². The summed E-state index contributed by atoms with van der Waals surface area (Å²) in [6.45, 7) is 3.79. The maximum atomic E-state index is 11.3. The summed E-state index contributed by atoms with van der Waals surface area (Å²) in [6.07, 6.45) is 0. The fraction of sp³-hybridized carbons (Fsp3) is 0.700. The Morgan fingerprint density at radius 2 is 2.06 bits per heavy atom. The first-order valence-corrected chi connectivity index (χ1v) is 7.38. The van der Waals surface area contributed by atoms with Crippen LogP contribution >= 0.6 is 0 Å². The molecule has 0 radical (unpaired) electrons. The molecule has 1 aromatic heterocycles. The molecule has 18 heavy (non-hydrogen) atoms. The second-order valence-corrected chi connectivity index (χ2v) is 5.46. The molecule has 0 amide bonds. The molecule has 2 rings (SSSR count). The van der Waals surface area contributed by atoms with Gasteiger partial charge in [-0.15, -0.1) is 0 Å². The average molecular weight is 271 g/mol. The predicted molar refractivity (Wildman–Crippen MR) is 70.6 cm³/mol. The Morgan fingerprint density at radius 1 is 1.33 bits per heavy atom. The zero-order chi connectivity index (χ0) is 13.0. The van der Waals surface area contributed by atoms with Crippen molar-refractivity contribution in [1.29, 1.82) is 0 Å². The van der Waals surface area contributed by atoms with E-state index in [0.717, 1.165) is 0 Å². The molecule has 0 saturated carbocycles. The first kappa shape index (κ1) is 13.0. The molecular formula is C10H17N5O2S. The van der Waals surface area contributed by atoms with Crippen LogP contribution in [0.15, 0.2) is 0 Å². The summed E-state index contributed by atoms with van der Waals surface area (Å²) in [7, 11) is 1.04. The molecule has 1 aliphatic rings. The fourth-order valence-corrected chi connectivity index (χ4v) is 2.68. The largest absolute Gasteiger partial charge is 0.464 e. The lowest BCUT2D eigenvalue weighted by atomic mass is 10.5. The van der Waals surface area contributed by atoms with E-state index in [1.807, 2.05) is 11.8 Å². The van der Waals surface area contributed by atoms with Crippen molar-refractivity contribution in [2.45, 2.75) is 6.92 Å². The second kappa shape index (κ2) is 5.94. The highest BCUT2D eigenvalue weighted by atomic mass is 32.2. The predicted octanol–water partition coefficient (Wildman–Crippen LogP) is -0.119. The molecule has 1 aliphatic heterocycles. The topological polar surface area (TPSA) is 80.2 Å². The molecule has 2 heterocycles. The summed E-state index contributed by atoms with van der Waals surface area (Å²) in [5, 5.41) is 2.89. The monoisotopic (exact) mass is 271 g/mol. The number of anilines is 2. The molecule has 1 saturated heterocycles. The van der Waals surface area contributed by atoms with E-state index < -0.39 is 10.8 Å². The maximum Gasteiger partial charge on any atom is 0.323 e. The normalized spacial score (nSPS) is 16.7. The lowest BCUT2D eigenvalue weighted by molar-refractivity contribution is 0.312. The summed E-state index contributed by atoms with van der Waals surface area (Å²) in [5.74, 6) is 2.37. The minimum absolute atomic E-state index is 0.318. The fourth-order valence-electron chi connectivity index (χ4n) is 1.63. The quantitative estimate of drug-likeness (QED) is 0.817. The van der Waals surface area contributed by atoms with Crippen LogP contribution in [0.2, 0.25) is 0 Å². The molecule has 0 bridgehead atoms. The minimum atomic E-state index is -0.710. The molecule has 0 unspecified atom stereocenters. The second-order valence-electron chi connectivity index (χ2n) is 3.76. The zero-order valence-corrected chi connectivity index (χ0v) is 11.4. The molecule has 100 valence electrons. The van der Waals surface area contributed by atoms with Gasteiger partial charge in [0.25, 0.3) is 0 Å². The van der Waals surface area contributed by atoms with E-state index in [2.05, 4.69) is 20.3 Å². The Hall–Kier alpha value is -1.44. The Balaban J connectivity index is 2.20. The lowest BCUT2D eigenvalue weighted by Crippen LogP contribution is -2.39. The van der Waals surface area contributed by atoms with Crippen LogP contribution in [-0.2, 0) is 10.8 Å².